The van der Waals surface area contributed by atoms with Crippen LogP contribution >= 0.6 is 0 Å². The van der Waals surface area contributed by atoms with Crippen LogP contribution in [0.1, 0.15) is 30.7 Å². The predicted octanol–water partition coefficient (Wildman–Crippen LogP) is 2.77. The second-order valence-electron chi connectivity index (χ2n) is 5.52. The second-order valence-corrected chi connectivity index (χ2v) is 5.52. The summed E-state index contributed by atoms with van der Waals surface area (Å²) in [5, 5.41) is 7.86. The average molecular weight is 285 g/mol. The number of hydrogen-bond acceptors (Lipinski definition) is 3. The van der Waals surface area contributed by atoms with Crippen LogP contribution in [-0.4, -0.2) is 22.9 Å². The van der Waals surface area contributed by atoms with Crippen LogP contribution in [0.3, 0.4) is 0 Å². The van der Waals surface area contributed by atoms with Crippen molar-refractivity contribution in [3.05, 3.63) is 53.9 Å². The van der Waals surface area contributed by atoms with Gasteiger partial charge < -0.3 is 10.1 Å². The summed E-state index contributed by atoms with van der Waals surface area (Å²) in [6, 6.07) is 12.6. The lowest BCUT2D eigenvalue weighted by Gasteiger charge is -2.19. The number of aromatic nitrogens is 2. The van der Waals surface area contributed by atoms with Crippen molar-refractivity contribution in [3.63, 3.8) is 0 Å². The number of nitrogens with zero attached hydrogens (tertiary/aromatic N) is 2. The van der Waals surface area contributed by atoms with Gasteiger partial charge in [0.2, 0.25) is 0 Å². The SMILES string of the molecule is CCn1nccc1CNC[C@H]1CCO[C@@H]1c1ccccc1. The van der Waals surface area contributed by atoms with Crippen LogP contribution in [0.4, 0.5) is 0 Å². The summed E-state index contributed by atoms with van der Waals surface area (Å²) in [7, 11) is 0. The van der Waals surface area contributed by atoms with Gasteiger partial charge in [-0.3, -0.25) is 4.68 Å². The van der Waals surface area contributed by atoms with E-state index in [0.717, 1.165) is 32.7 Å². The first-order valence-corrected chi connectivity index (χ1v) is 7.76. The summed E-state index contributed by atoms with van der Waals surface area (Å²) in [5.74, 6) is 0.547. The van der Waals surface area contributed by atoms with E-state index in [2.05, 4.69) is 53.7 Å². The van der Waals surface area contributed by atoms with Crippen LogP contribution in [0.5, 0.6) is 0 Å². The molecule has 4 heteroatoms. The zero-order valence-corrected chi connectivity index (χ0v) is 12.5. The lowest BCUT2D eigenvalue weighted by molar-refractivity contribution is 0.0904. The first-order valence-electron chi connectivity index (χ1n) is 7.76. The summed E-state index contributed by atoms with van der Waals surface area (Å²) < 4.78 is 7.96. The molecule has 1 aliphatic heterocycles. The number of benzene rings is 1. The molecule has 0 bridgehead atoms. The molecule has 1 aromatic heterocycles. The summed E-state index contributed by atoms with van der Waals surface area (Å²) in [5.41, 5.74) is 2.54. The van der Waals surface area contributed by atoms with Crippen molar-refractivity contribution in [2.75, 3.05) is 13.2 Å². The molecule has 2 aromatic rings. The normalized spacial score (nSPS) is 21.8. The van der Waals surface area contributed by atoms with Gasteiger partial charge in [-0.1, -0.05) is 30.3 Å². The molecule has 0 amide bonds. The van der Waals surface area contributed by atoms with Gasteiger partial charge in [-0.15, -0.1) is 0 Å². The summed E-state index contributed by atoms with van der Waals surface area (Å²) in [6.45, 7) is 5.75. The number of aryl methyl sites for hydroxylation is 1. The predicted molar refractivity (Wildman–Crippen MR) is 82.8 cm³/mol. The lowest BCUT2D eigenvalue weighted by Crippen LogP contribution is -2.25. The highest BCUT2D eigenvalue weighted by atomic mass is 16.5. The maximum atomic E-state index is 5.93. The van der Waals surface area contributed by atoms with Crippen LogP contribution in [-0.2, 0) is 17.8 Å². The van der Waals surface area contributed by atoms with E-state index in [9.17, 15) is 0 Å². The molecule has 4 nitrogen and oxygen atoms in total. The third-order valence-electron chi connectivity index (χ3n) is 4.16. The third-order valence-corrected chi connectivity index (χ3v) is 4.16. The fraction of sp³-hybridized carbons (Fsp3) is 0.471. The monoisotopic (exact) mass is 285 g/mol. The lowest BCUT2D eigenvalue weighted by atomic mass is 9.95. The molecule has 1 saturated heterocycles. The Kier molecular flexibility index (Phi) is 4.68. The Labute approximate surface area is 126 Å². The molecule has 2 atom stereocenters. The summed E-state index contributed by atoms with van der Waals surface area (Å²) in [6.07, 6.45) is 3.22. The van der Waals surface area contributed by atoms with Crippen LogP contribution in [0, 0.1) is 5.92 Å². The highest BCUT2D eigenvalue weighted by Crippen LogP contribution is 2.33. The minimum absolute atomic E-state index is 0.231. The molecule has 3 rings (SSSR count). The topological polar surface area (TPSA) is 39.1 Å². The van der Waals surface area contributed by atoms with Gasteiger partial charge in [0.15, 0.2) is 0 Å². The van der Waals surface area contributed by atoms with Gasteiger partial charge >= 0.3 is 0 Å². The Morgan fingerprint density at radius 2 is 2.14 bits per heavy atom. The number of ether oxygens (including phenoxy) is 1. The van der Waals surface area contributed by atoms with Crippen LogP contribution in [0.2, 0.25) is 0 Å². The van der Waals surface area contributed by atoms with E-state index in [1.54, 1.807) is 0 Å². The summed E-state index contributed by atoms with van der Waals surface area (Å²) >= 11 is 0. The zero-order valence-electron chi connectivity index (χ0n) is 12.5. The Morgan fingerprint density at radius 1 is 1.29 bits per heavy atom. The molecule has 1 aromatic carbocycles. The average Bonchev–Trinajstić information content (AvgIpc) is 3.17. The van der Waals surface area contributed by atoms with Crippen LogP contribution in [0.25, 0.3) is 0 Å². The molecular weight excluding hydrogens is 262 g/mol. The number of nitrogens with one attached hydrogen (secondary N) is 1. The zero-order chi connectivity index (χ0) is 14.5. The van der Waals surface area contributed by atoms with Gasteiger partial charge in [-0.05, 0) is 25.0 Å². The highest BCUT2D eigenvalue weighted by Gasteiger charge is 2.29. The molecule has 1 aliphatic rings. The van der Waals surface area contributed by atoms with E-state index in [1.165, 1.54) is 11.3 Å². The molecule has 0 unspecified atom stereocenters. The molecule has 1 fully saturated rings. The molecule has 0 radical (unpaired) electrons. The summed E-state index contributed by atoms with van der Waals surface area (Å²) in [4.78, 5) is 0. The van der Waals surface area contributed by atoms with E-state index in [-0.39, 0.29) is 6.10 Å². The van der Waals surface area contributed by atoms with E-state index in [1.807, 2.05) is 10.9 Å². The van der Waals surface area contributed by atoms with Gasteiger partial charge in [-0.25, -0.2) is 0 Å². The van der Waals surface area contributed by atoms with Gasteiger partial charge in [0.25, 0.3) is 0 Å². The van der Waals surface area contributed by atoms with Crippen LogP contribution in [0.15, 0.2) is 42.6 Å². The van der Waals surface area contributed by atoms with E-state index in [4.69, 9.17) is 4.74 Å². The molecule has 0 spiro atoms. The molecule has 2 heterocycles. The molecule has 1 N–H and O–H groups in total. The molecule has 0 saturated carbocycles. The molecule has 112 valence electrons. The smallest absolute Gasteiger partial charge is 0.0866 e. The third kappa shape index (κ3) is 3.34. The van der Waals surface area contributed by atoms with Crippen molar-refractivity contribution in [3.8, 4) is 0 Å². The minimum atomic E-state index is 0.231. The van der Waals surface area contributed by atoms with Gasteiger partial charge in [0.1, 0.15) is 0 Å². The largest absolute Gasteiger partial charge is 0.373 e. The fourth-order valence-electron chi connectivity index (χ4n) is 3.03. The van der Waals surface area contributed by atoms with Gasteiger partial charge in [-0.2, -0.15) is 5.10 Å². The Hall–Kier alpha value is -1.65. The fourth-order valence-corrected chi connectivity index (χ4v) is 3.03. The van der Waals surface area contributed by atoms with Crippen molar-refractivity contribution < 1.29 is 4.74 Å². The maximum absolute atomic E-state index is 5.93. The standard InChI is InChI=1S/C17H23N3O/c1-2-20-16(8-10-19-20)13-18-12-15-9-11-21-17(15)14-6-4-3-5-7-14/h3-8,10,15,17-18H,2,9,11-13H2,1H3/t15-,17-/m1/s1. The number of hydrogen-bond donors (Lipinski definition) is 1. The van der Waals surface area contributed by atoms with Gasteiger partial charge in [0, 0.05) is 38.4 Å². The first kappa shape index (κ1) is 14.3. The Balaban J connectivity index is 1.55. The van der Waals surface area contributed by atoms with Crippen molar-refractivity contribution in [2.24, 2.45) is 5.92 Å². The first-order chi connectivity index (χ1) is 10.4. The van der Waals surface area contributed by atoms with Gasteiger partial charge in [0.05, 0.1) is 11.8 Å². The van der Waals surface area contributed by atoms with E-state index in [0.29, 0.717) is 5.92 Å². The number of rotatable bonds is 6. The maximum Gasteiger partial charge on any atom is 0.0866 e. The minimum Gasteiger partial charge on any atom is -0.373 e. The molecule has 21 heavy (non-hydrogen) atoms. The Morgan fingerprint density at radius 3 is 2.95 bits per heavy atom. The van der Waals surface area contributed by atoms with Crippen molar-refractivity contribution >= 4 is 0 Å². The van der Waals surface area contributed by atoms with E-state index >= 15 is 0 Å². The highest BCUT2D eigenvalue weighted by molar-refractivity contribution is 5.19. The quantitative estimate of drug-likeness (QED) is 0.887. The molecular formula is C17H23N3O. The molecule has 0 aliphatic carbocycles. The van der Waals surface area contributed by atoms with Crippen LogP contribution < -0.4 is 5.32 Å². The van der Waals surface area contributed by atoms with Crippen molar-refractivity contribution in [1.29, 1.82) is 0 Å². The van der Waals surface area contributed by atoms with Crippen molar-refractivity contribution in [1.82, 2.24) is 15.1 Å². The second kappa shape index (κ2) is 6.87. The van der Waals surface area contributed by atoms with Crippen molar-refractivity contribution in [2.45, 2.75) is 32.5 Å². The Bertz CT molecular complexity index is 552. The van der Waals surface area contributed by atoms with E-state index < -0.39 is 0 Å².